The number of anilines is 1. The summed E-state index contributed by atoms with van der Waals surface area (Å²) in [5.41, 5.74) is 0. The molecule has 0 unspecified atom stereocenters. The van der Waals surface area contributed by atoms with E-state index in [9.17, 15) is 0 Å². The van der Waals surface area contributed by atoms with Crippen LogP contribution in [0.25, 0.3) is 0 Å². The molecule has 1 saturated heterocycles. The van der Waals surface area contributed by atoms with Crippen LogP contribution in [-0.4, -0.2) is 35.6 Å². The number of rotatable bonds is 1. The van der Waals surface area contributed by atoms with Crippen LogP contribution in [0.5, 0.6) is 0 Å². The molecular weight excluding hydrogens is 176 g/mol. The second-order valence-corrected chi connectivity index (χ2v) is 3.76. The van der Waals surface area contributed by atoms with Gasteiger partial charge in [0.1, 0.15) is 11.6 Å². The first-order valence-electron chi connectivity index (χ1n) is 5.03. The number of nitrogens with zero attached hydrogens (tertiary/aromatic N) is 3. The molecule has 1 fully saturated rings. The van der Waals surface area contributed by atoms with Crippen LogP contribution < -0.4 is 10.2 Å². The van der Waals surface area contributed by atoms with Gasteiger partial charge in [-0.15, -0.1) is 0 Å². The highest BCUT2D eigenvalue weighted by Crippen LogP contribution is 2.11. The number of hydrogen-bond acceptors (Lipinski definition) is 4. The van der Waals surface area contributed by atoms with E-state index < -0.39 is 0 Å². The lowest BCUT2D eigenvalue weighted by Gasteiger charge is -2.32. The smallest absolute Gasteiger partial charge is 0.132 e. The Morgan fingerprint density at radius 3 is 3.14 bits per heavy atom. The van der Waals surface area contributed by atoms with E-state index in [4.69, 9.17) is 0 Å². The Labute approximate surface area is 84.4 Å². The summed E-state index contributed by atoms with van der Waals surface area (Å²) in [5.74, 6) is 1.89. The lowest BCUT2D eigenvalue weighted by Crippen LogP contribution is -2.49. The van der Waals surface area contributed by atoms with Crippen molar-refractivity contribution in [2.45, 2.75) is 19.9 Å². The van der Waals surface area contributed by atoms with E-state index in [0.717, 1.165) is 31.3 Å². The minimum Gasteiger partial charge on any atom is -0.354 e. The summed E-state index contributed by atoms with van der Waals surface area (Å²) in [6, 6.07) is 2.52. The van der Waals surface area contributed by atoms with Crippen molar-refractivity contribution in [2.24, 2.45) is 0 Å². The normalized spacial score (nSPS) is 22.4. The highest BCUT2D eigenvalue weighted by atomic mass is 15.2. The minimum atomic E-state index is 0.541. The maximum Gasteiger partial charge on any atom is 0.132 e. The number of nitrogens with one attached hydrogen (secondary N) is 1. The molecule has 0 saturated carbocycles. The molecule has 0 amide bonds. The third-order valence-corrected chi connectivity index (χ3v) is 2.45. The Morgan fingerprint density at radius 2 is 2.43 bits per heavy atom. The SMILES string of the molecule is Cc1nccc(N2CCN[C@@H](C)C2)n1. The Hall–Kier alpha value is -1.16. The maximum atomic E-state index is 4.42. The monoisotopic (exact) mass is 192 g/mol. The molecule has 76 valence electrons. The number of piperazine rings is 1. The molecule has 0 spiro atoms. The minimum absolute atomic E-state index is 0.541. The molecular formula is C10H16N4. The Morgan fingerprint density at radius 1 is 1.57 bits per heavy atom. The number of aryl methyl sites for hydroxylation is 1. The van der Waals surface area contributed by atoms with Gasteiger partial charge < -0.3 is 10.2 Å². The summed E-state index contributed by atoms with van der Waals surface area (Å²) in [6.45, 7) is 7.21. The van der Waals surface area contributed by atoms with E-state index in [-0.39, 0.29) is 0 Å². The maximum absolute atomic E-state index is 4.42. The summed E-state index contributed by atoms with van der Waals surface area (Å²) in [4.78, 5) is 10.8. The molecule has 14 heavy (non-hydrogen) atoms. The van der Waals surface area contributed by atoms with E-state index in [0.29, 0.717) is 6.04 Å². The van der Waals surface area contributed by atoms with E-state index in [1.165, 1.54) is 0 Å². The highest BCUT2D eigenvalue weighted by Gasteiger charge is 2.16. The molecule has 1 aromatic rings. The topological polar surface area (TPSA) is 41.1 Å². The van der Waals surface area contributed by atoms with Crippen molar-refractivity contribution in [1.29, 1.82) is 0 Å². The molecule has 0 radical (unpaired) electrons. The zero-order valence-corrected chi connectivity index (χ0v) is 8.70. The lowest BCUT2D eigenvalue weighted by molar-refractivity contribution is 0.482. The molecule has 4 heteroatoms. The molecule has 1 aliphatic heterocycles. The summed E-state index contributed by atoms with van der Waals surface area (Å²) in [7, 11) is 0. The van der Waals surface area contributed by atoms with E-state index >= 15 is 0 Å². The average Bonchev–Trinajstić information content (AvgIpc) is 2.18. The molecule has 2 heterocycles. The van der Waals surface area contributed by atoms with Crippen molar-refractivity contribution in [1.82, 2.24) is 15.3 Å². The van der Waals surface area contributed by atoms with Gasteiger partial charge in [-0.05, 0) is 19.9 Å². The summed E-state index contributed by atoms with van der Waals surface area (Å²) >= 11 is 0. The molecule has 2 rings (SSSR count). The third kappa shape index (κ3) is 2.01. The van der Waals surface area contributed by atoms with Crippen LogP contribution in [0, 0.1) is 6.92 Å². The van der Waals surface area contributed by atoms with E-state index in [1.807, 2.05) is 19.2 Å². The molecule has 0 aliphatic carbocycles. The zero-order valence-electron chi connectivity index (χ0n) is 8.70. The predicted molar refractivity (Wildman–Crippen MR) is 56.4 cm³/mol. The molecule has 0 bridgehead atoms. The number of aromatic nitrogens is 2. The second-order valence-electron chi connectivity index (χ2n) is 3.76. The number of hydrogen-bond donors (Lipinski definition) is 1. The van der Waals surface area contributed by atoms with E-state index in [1.54, 1.807) is 0 Å². The highest BCUT2D eigenvalue weighted by molar-refractivity contribution is 5.38. The van der Waals surface area contributed by atoms with Gasteiger partial charge in [0.05, 0.1) is 0 Å². The van der Waals surface area contributed by atoms with Crippen molar-refractivity contribution in [3.63, 3.8) is 0 Å². The zero-order chi connectivity index (χ0) is 9.97. The first kappa shape index (κ1) is 9.40. The summed E-state index contributed by atoms with van der Waals surface area (Å²) in [6.07, 6.45) is 1.82. The van der Waals surface area contributed by atoms with Gasteiger partial charge in [0.25, 0.3) is 0 Å². The summed E-state index contributed by atoms with van der Waals surface area (Å²) < 4.78 is 0. The van der Waals surface area contributed by atoms with Gasteiger partial charge in [-0.3, -0.25) is 0 Å². The van der Waals surface area contributed by atoms with Gasteiger partial charge in [0, 0.05) is 31.9 Å². The standard InChI is InChI=1S/C10H16N4/c1-8-7-14(6-5-11-8)10-3-4-12-9(2)13-10/h3-4,8,11H,5-7H2,1-2H3/t8-/m0/s1. The van der Waals surface area contributed by atoms with Gasteiger partial charge in [0.15, 0.2) is 0 Å². The van der Waals surface area contributed by atoms with Gasteiger partial charge in [-0.2, -0.15) is 0 Å². The fourth-order valence-corrected chi connectivity index (χ4v) is 1.76. The van der Waals surface area contributed by atoms with Gasteiger partial charge >= 0.3 is 0 Å². The molecule has 4 nitrogen and oxygen atoms in total. The Balaban J connectivity index is 2.14. The molecule has 1 atom stereocenters. The first-order chi connectivity index (χ1) is 6.75. The van der Waals surface area contributed by atoms with Crippen LogP contribution in [0.1, 0.15) is 12.7 Å². The van der Waals surface area contributed by atoms with Crippen LogP contribution in [-0.2, 0) is 0 Å². The van der Waals surface area contributed by atoms with Crippen LogP contribution in [0.4, 0.5) is 5.82 Å². The van der Waals surface area contributed by atoms with Crippen molar-refractivity contribution < 1.29 is 0 Å². The Kier molecular flexibility index (Phi) is 2.63. The molecule has 1 aliphatic rings. The first-order valence-corrected chi connectivity index (χ1v) is 5.03. The fraction of sp³-hybridized carbons (Fsp3) is 0.600. The van der Waals surface area contributed by atoms with Crippen molar-refractivity contribution in [2.75, 3.05) is 24.5 Å². The molecule has 0 aromatic carbocycles. The van der Waals surface area contributed by atoms with Crippen molar-refractivity contribution >= 4 is 5.82 Å². The predicted octanol–water partition coefficient (Wildman–Crippen LogP) is 0.583. The second kappa shape index (κ2) is 3.92. The van der Waals surface area contributed by atoms with Crippen molar-refractivity contribution in [3.05, 3.63) is 18.1 Å². The van der Waals surface area contributed by atoms with Gasteiger partial charge in [-0.1, -0.05) is 0 Å². The van der Waals surface area contributed by atoms with Gasteiger partial charge in [-0.25, -0.2) is 9.97 Å². The van der Waals surface area contributed by atoms with Crippen LogP contribution >= 0.6 is 0 Å². The third-order valence-electron chi connectivity index (χ3n) is 2.45. The quantitative estimate of drug-likeness (QED) is 0.707. The lowest BCUT2D eigenvalue weighted by atomic mass is 10.2. The van der Waals surface area contributed by atoms with E-state index in [2.05, 4.69) is 27.1 Å². The van der Waals surface area contributed by atoms with Crippen molar-refractivity contribution in [3.8, 4) is 0 Å². The average molecular weight is 192 g/mol. The summed E-state index contributed by atoms with van der Waals surface area (Å²) in [5, 5.41) is 3.41. The van der Waals surface area contributed by atoms with Crippen LogP contribution in [0.3, 0.4) is 0 Å². The largest absolute Gasteiger partial charge is 0.354 e. The Bertz CT molecular complexity index is 313. The van der Waals surface area contributed by atoms with Crippen LogP contribution in [0.2, 0.25) is 0 Å². The fourth-order valence-electron chi connectivity index (χ4n) is 1.76. The molecule has 1 N–H and O–H groups in total. The van der Waals surface area contributed by atoms with Crippen LogP contribution in [0.15, 0.2) is 12.3 Å². The molecule has 1 aromatic heterocycles. The van der Waals surface area contributed by atoms with Gasteiger partial charge in [0.2, 0.25) is 0 Å².